The molecule has 3 heterocycles. The van der Waals surface area contributed by atoms with Crippen LogP contribution in [0.25, 0.3) is 0 Å². The van der Waals surface area contributed by atoms with Crippen molar-refractivity contribution in [2.24, 2.45) is 5.92 Å². The Labute approximate surface area is 186 Å². The molecule has 0 bridgehead atoms. The van der Waals surface area contributed by atoms with Gasteiger partial charge in [-0.25, -0.2) is 0 Å². The quantitative estimate of drug-likeness (QED) is 0.700. The van der Waals surface area contributed by atoms with E-state index in [9.17, 15) is 19.2 Å². The van der Waals surface area contributed by atoms with Gasteiger partial charge in [-0.05, 0) is 49.9 Å². The van der Waals surface area contributed by atoms with Gasteiger partial charge >= 0.3 is 0 Å². The SMILES string of the molecule is COc1ccc(C(=O)N2CCC3NC(=O)C4CC(NC(=O)C5CCC5)CN4C(=O)C32)cc1. The largest absolute Gasteiger partial charge is 0.497 e. The van der Waals surface area contributed by atoms with Crippen molar-refractivity contribution in [2.75, 3.05) is 20.2 Å². The van der Waals surface area contributed by atoms with Crippen LogP contribution in [0.4, 0.5) is 0 Å². The van der Waals surface area contributed by atoms with E-state index in [1.54, 1.807) is 41.2 Å². The number of fused-ring (bicyclic) bond motifs is 2. The summed E-state index contributed by atoms with van der Waals surface area (Å²) < 4.78 is 5.15. The molecule has 1 aromatic carbocycles. The van der Waals surface area contributed by atoms with E-state index >= 15 is 0 Å². The molecule has 9 heteroatoms. The zero-order chi connectivity index (χ0) is 22.4. The number of nitrogens with zero attached hydrogens (tertiary/aromatic N) is 2. The number of ether oxygens (including phenoxy) is 1. The number of amides is 4. The van der Waals surface area contributed by atoms with Crippen LogP contribution in [0, 0.1) is 5.92 Å². The Morgan fingerprint density at radius 3 is 2.53 bits per heavy atom. The summed E-state index contributed by atoms with van der Waals surface area (Å²) in [5.74, 6) is 0.0467. The van der Waals surface area contributed by atoms with Gasteiger partial charge in [0.2, 0.25) is 17.7 Å². The van der Waals surface area contributed by atoms with Gasteiger partial charge in [-0.2, -0.15) is 0 Å². The van der Waals surface area contributed by atoms with Crippen molar-refractivity contribution in [3.8, 4) is 5.75 Å². The number of methoxy groups -OCH3 is 1. The van der Waals surface area contributed by atoms with Gasteiger partial charge in [0.25, 0.3) is 5.91 Å². The van der Waals surface area contributed by atoms with E-state index in [1.165, 1.54) is 0 Å². The molecule has 2 N–H and O–H groups in total. The molecule has 1 aromatic rings. The summed E-state index contributed by atoms with van der Waals surface area (Å²) in [6.45, 7) is 0.690. The molecular weight excluding hydrogens is 412 g/mol. The van der Waals surface area contributed by atoms with Crippen LogP contribution in [0.5, 0.6) is 5.75 Å². The minimum absolute atomic E-state index is 0.0156. The molecule has 4 unspecified atom stereocenters. The van der Waals surface area contributed by atoms with Crippen LogP contribution in [-0.4, -0.2) is 77.8 Å². The van der Waals surface area contributed by atoms with Crippen molar-refractivity contribution in [2.45, 2.75) is 56.3 Å². The maximum Gasteiger partial charge on any atom is 0.254 e. The van der Waals surface area contributed by atoms with E-state index in [2.05, 4.69) is 10.6 Å². The van der Waals surface area contributed by atoms with Gasteiger partial charge < -0.3 is 25.2 Å². The molecule has 4 atom stereocenters. The van der Waals surface area contributed by atoms with Gasteiger partial charge in [-0.1, -0.05) is 6.42 Å². The molecule has 4 amide bonds. The first kappa shape index (κ1) is 20.8. The second-order valence-electron chi connectivity index (χ2n) is 9.15. The molecule has 3 saturated heterocycles. The third-order valence-corrected chi connectivity index (χ3v) is 7.29. The first-order valence-corrected chi connectivity index (χ1v) is 11.3. The Balaban J connectivity index is 1.33. The summed E-state index contributed by atoms with van der Waals surface area (Å²) >= 11 is 0. The van der Waals surface area contributed by atoms with Gasteiger partial charge in [-0.15, -0.1) is 0 Å². The van der Waals surface area contributed by atoms with E-state index in [0.29, 0.717) is 37.2 Å². The normalized spacial score (nSPS) is 29.5. The zero-order valence-electron chi connectivity index (χ0n) is 18.1. The van der Waals surface area contributed by atoms with Crippen molar-refractivity contribution in [1.82, 2.24) is 20.4 Å². The average Bonchev–Trinajstić information content (AvgIpc) is 3.34. The van der Waals surface area contributed by atoms with Crippen molar-refractivity contribution in [3.05, 3.63) is 29.8 Å². The second-order valence-corrected chi connectivity index (χ2v) is 9.15. The molecular formula is C23H28N4O5. The molecule has 0 aromatic heterocycles. The maximum absolute atomic E-state index is 13.5. The zero-order valence-corrected chi connectivity index (χ0v) is 18.1. The third-order valence-electron chi connectivity index (χ3n) is 7.29. The lowest BCUT2D eigenvalue weighted by atomic mass is 9.84. The van der Waals surface area contributed by atoms with E-state index in [-0.39, 0.29) is 35.6 Å². The van der Waals surface area contributed by atoms with Crippen LogP contribution in [-0.2, 0) is 14.4 Å². The van der Waals surface area contributed by atoms with Gasteiger partial charge in [0.15, 0.2) is 0 Å². The van der Waals surface area contributed by atoms with Crippen LogP contribution < -0.4 is 15.4 Å². The number of hydrogen-bond donors (Lipinski definition) is 2. The Hall–Kier alpha value is -3.10. The number of rotatable bonds is 4. The van der Waals surface area contributed by atoms with Crippen LogP contribution in [0.2, 0.25) is 0 Å². The molecule has 9 nitrogen and oxygen atoms in total. The Morgan fingerprint density at radius 2 is 1.88 bits per heavy atom. The second kappa shape index (κ2) is 8.11. The molecule has 5 rings (SSSR count). The van der Waals surface area contributed by atoms with Crippen LogP contribution >= 0.6 is 0 Å². The number of carbonyl (C=O) groups excluding carboxylic acids is 4. The molecule has 170 valence electrons. The lowest BCUT2D eigenvalue weighted by Crippen LogP contribution is -2.52. The number of likely N-dealkylation sites (tertiary alicyclic amines) is 1. The Kier molecular flexibility index (Phi) is 5.27. The van der Waals surface area contributed by atoms with Gasteiger partial charge in [0.1, 0.15) is 17.8 Å². The molecule has 4 aliphatic rings. The highest BCUT2D eigenvalue weighted by Crippen LogP contribution is 2.31. The smallest absolute Gasteiger partial charge is 0.254 e. The fourth-order valence-electron chi connectivity index (χ4n) is 5.25. The Bertz CT molecular complexity index is 944. The molecule has 4 fully saturated rings. The Morgan fingerprint density at radius 1 is 1.12 bits per heavy atom. The van der Waals surface area contributed by atoms with Gasteiger partial charge in [0, 0.05) is 30.6 Å². The summed E-state index contributed by atoms with van der Waals surface area (Å²) in [5.41, 5.74) is 0.471. The highest BCUT2D eigenvalue weighted by molar-refractivity contribution is 6.01. The standard InChI is InChI=1S/C23H28N4O5/c1-32-16-7-5-14(6-8-16)22(30)26-10-9-17-19(26)23(31)27-12-15(11-18(27)21(29)25-17)24-20(28)13-3-2-4-13/h5-8,13,15,17-19H,2-4,9-12H2,1H3,(H,24,28)(H,25,29). The van der Waals surface area contributed by atoms with Crippen molar-refractivity contribution in [3.63, 3.8) is 0 Å². The lowest BCUT2D eigenvalue weighted by molar-refractivity contribution is -0.138. The van der Waals surface area contributed by atoms with Crippen LogP contribution in [0.1, 0.15) is 42.5 Å². The summed E-state index contributed by atoms with van der Waals surface area (Å²) in [5, 5.41) is 6.01. The van der Waals surface area contributed by atoms with Crippen molar-refractivity contribution < 1.29 is 23.9 Å². The molecule has 32 heavy (non-hydrogen) atoms. The number of nitrogens with one attached hydrogen (secondary N) is 2. The topological polar surface area (TPSA) is 108 Å². The molecule has 1 aliphatic carbocycles. The fraction of sp³-hybridized carbons (Fsp3) is 0.565. The van der Waals surface area contributed by atoms with E-state index in [4.69, 9.17) is 4.74 Å². The van der Waals surface area contributed by atoms with Gasteiger partial charge in [0.05, 0.1) is 13.2 Å². The van der Waals surface area contributed by atoms with Crippen molar-refractivity contribution in [1.29, 1.82) is 0 Å². The van der Waals surface area contributed by atoms with E-state index in [0.717, 1.165) is 19.3 Å². The predicted molar refractivity (Wildman–Crippen MR) is 114 cm³/mol. The molecule has 1 saturated carbocycles. The van der Waals surface area contributed by atoms with Crippen LogP contribution in [0.15, 0.2) is 24.3 Å². The number of carbonyl (C=O) groups is 4. The number of hydrogen-bond acceptors (Lipinski definition) is 5. The highest BCUT2D eigenvalue weighted by Gasteiger charge is 2.52. The third kappa shape index (κ3) is 3.49. The number of benzene rings is 1. The van der Waals surface area contributed by atoms with Gasteiger partial charge in [-0.3, -0.25) is 19.2 Å². The fourth-order valence-corrected chi connectivity index (χ4v) is 5.25. The first-order chi connectivity index (χ1) is 15.5. The maximum atomic E-state index is 13.5. The summed E-state index contributed by atoms with van der Waals surface area (Å²) in [6.07, 6.45) is 3.81. The van der Waals surface area contributed by atoms with E-state index in [1.807, 2.05) is 0 Å². The molecule has 0 radical (unpaired) electrons. The van der Waals surface area contributed by atoms with Crippen LogP contribution in [0.3, 0.4) is 0 Å². The minimum atomic E-state index is -0.736. The predicted octanol–water partition coefficient (Wildman–Crippen LogP) is 0.294. The first-order valence-electron chi connectivity index (χ1n) is 11.3. The average molecular weight is 441 g/mol. The minimum Gasteiger partial charge on any atom is -0.497 e. The molecule has 3 aliphatic heterocycles. The summed E-state index contributed by atoms with van der Waals surface area (Å²) in [7, 11) is 1.56. The lowest BCUT2D eigenvalue weighted by Gasteiger charge is -2.29. The monoisotopic (exact) mass is 440 g/mol. The van der Waals surface area contributed by atoms with Crippen molar-refractivity contribution >= 4 is 23.6 Å². The summed E-state index contributed by atoms with van der Waals surface area (Å²) in [4.78, 5) is 55.1. The van der Waals surface area contributed by atoms with E-state index < -0.39 is 18.1 Å². The summed E-state index contributed by atoms with van der Waals surface area (Å²) in [6, 6.07) is 4.79. The molecule has 0 spiro atoms. The highest BCUT2D eigenvalue weighted by atomic mass is 16.5.